The average Bonchev–Trinajstić information content (AvgIpc) is 3.47. The molecule has 0 bridgehead atoms. The summed E-state index contributed by atoms with van der Waals surface area (Å²) in [5.41, 5.74) is 15.4. The van der Waals surface area contributed by atoms with Gasteiger partial charge < -0.3 is 0 Å². The average molecular weight is 699 g/mol. The lowest BCUT2D eigenvalue weighted by Crippen LogP contribution is -2.14. The van der Waals surface area contributed by atoms with Gasteiger partial charge in [-0.05, 0) is 134 Å². The quantitative estimate of drug-likeness (QED) is 0.161. The van der Waals surface area contributed by atoms with Gasteiger partial charge in [0.25, 0.3) is 0 Å². The van der Waals surface area contributed by atoms with Crippen molar-refractivity contribution in [2.24, 2.45) is 0 Å². The van der Waals surface area contributed by atoms with Crippen LogP contribution < -0.4 is 0 Å². The van der Waals surface area contributed by atoms with Crippen LogP contribution in [-0.4, -0.2) is 0 Å². The summed E-state index contributed by atoms with van der Waals surface area (Å²) in [7, 11) is 0. The van der Waals surface area contributed by atoms with Gasteiger partial charge in [-0.1, -0.05) is 184 Å². The summed E-state index contributed by atoms with van der Waals surface area (Å²) in [6, 6.07) is 72.4. The maximum Gasteiger partial charge on any atom is 0.0159 e. The van der Waals surface area contributed by atoms with Gasteiger partial charge in [0, 0.05) is 5.41 Å². The van der Waals surface area contributed by atoms with Gasteiger partial charge in [-0.15, -0.1) is 0 Å². The first kappa shape index (κ1) is 31.7. The highest BCUT2D eigenvalue weighted by Gasteiger charge is 2.35. The predicted octanol–water partition coefficient (Wildman–Crippen LogP) is 15.3. The third-order valence-corrected chi connectivity index (χ3v) is 12.2. The molecule has 55 heavy (non-hydrogen) atoms. The smallest absolute Gasteiger partial charge is 0.0159 e. The maximum absolute atomic E-state index is 2.49. The number of fused-ring (bicyclic) bond motifs is 7. The van der Waals surface area contributed by atoms with Crippen LogP contribution in [0, 0.1) is 0 Å². The van der Waals surface area contributed by atoms with E-state index in [4.69, 9.17) is 0 Å². The monoisotopic (exact) mass is 698 g/mol. The third-order valence-electron chi connectivity index (χ3n) is 12.2. The minimum Gasteiger partial charge on any atom is -0.0619 e. The van der Waals surface area contributed by atoms with E-state index < -0.39 is 0 Å². The van der Waals surface area contributed by atoms with Crippen LogP contribution in [0.5, 0.6) is 0 Å². The van der Waals surface area contributed by atoms with Crippen LogP contribution in [0.2, 0.25) is 0 Å². The lowest BCUT2D eigenvalue weighted by Gasteiger charge is -2.23. The molecule has 0 aromatic heterocycles. The Morgan fingerprint density at radius 2 is 0.818 bits per heavy atom. The van der Waals surface area contributed by atoms with Crippen molar-refractivity contribution in [1.82, 2.24) is 0 Å². The van der Waals surface area contributed by atoms with E-state index in [1.165, 1.54) is 110 Å². The molecule has 0 saturated carbocycles. The molecule has 1 aliphatic rings. The zero-order valence-corrected chi connectivity index (χ0v) is 31.0. The molecule has 10 aromatic carbocycles. The van der Waals surface area contributed by atoms with Gasteiger partial charge in [-0.3, -0.25) is 0 Å². The minimum absolute atomic E-state index is 0.0915. The summed E-state index contributed by atoms with van der Waals surface area (Å²) < 4.78 is 0. The summed E-state index contributed by atoms with van der Waals surface area (Å²) in [6.07, 6.45) is 0. The first-order valence-electron chi connectivity index (χ1n) is 19.3. The van der Waals surface area contributed by atoms with E-state index in [0.717, 1.165) is 0 Å². The maximum atomic E-state index is 2.49. The highest BCUT2D eigenvalue weighted by Crippen LogP contribution is 2.51. The molecule has 10 aromatic rings. The predicted molar refractivity (Wildman–Crippen MR) is 236 cm³/mol. The van der Waals surface area contributed by atoms with Gasteiger partial charge in [0.15, 0.2) is 0 Å². The van der Waals surface area contributed by atoms with Crippen LogP contribution in [0.3, 0.4) is 0 Å². The number of hydrogen-bond donors (Lipinski definition) is 0. The van der Waals surface area contributed by atoms with Crippen molar-refractivity contribution < 1.29 is 0 Å². The van der Waals surface area contributed by atoms with Crippen molar-refractivity contribution in [3.8, 4) is 55.6 Å². The zero-order chi connectivity index (χ0) is 36.7. The van der Waals surface area contributed by atoms with E-state index in [1.54, 1.807) is 0 Å². The van der Waals surface area contributed by atoms with Crippen LogP contribution in [0.15, 0.2) is 194 Å². The summed E-state index contributed by atoms with van der Waals surface area (Å²) in [6.45, 7) is 4.75. The van der Waals surface area contributed by atoms with E-state index in [0.29, 0.717) is 0 Å². The van der Waals surface area contributed by atoms with Crippen molar-refractivity contribution in [3.63, 3.8) is 0 Å². The van der Waals surface area contributed by atoms with Crippen molar-refractivity contribution in [2.45, 2.75) is 19.3 Å². The molecular weight excluding hydrogens is 661 g/mol. The fraction of sp³-hybridized carbons (Fsp3) is 0.0545. The largest absolute Gasteiger partial charge is 0.0619 e. The van der Waals surface area contributed by atoms with E-state index >= 15 is 0 Å². The molecule has 1 aliphatic carbocycles. The van der Waals surface area contributed by atoms with Gasteiger partial charge in [0.2, 0.25) is 0 Å². The highest BCUT2D eigenvalue weighted by molar-refractivity contribution is 6.22. The standard InChI is InChI=1S/C55H38/c1-55(2)51-24-10-9-20-45(51)46-29-28-42(34-52(46)55)54-48-22-8-7-21-47(48)53(41-18-11-17-40(32-41)44-23-12-16-36-14-5-6-19-43(36)44)49-30-27-39(33-50(49)54)38-26-25-35-13-3-4-15-37(35)31-38/h3-34H,1-2H3. The second-order valence-electron chi connectivity index (χ2n) is 15.7. The molecule has 0 saturated heterocycles. The van der Waals surface area contributed by atoms with Crippen LogP contribution >= 0.6 is 0 Å². The second kappa shape index (κ2) is 12.1. The summed E-state index contributed by atoms with van der Waals surface area (Å²) in [4.78, 5) is 0. The minimum atomic E-state index is -0.0915. The molecule has 0 N–H and O–H groups in total. The van der Waals surface area contributed by atoms with Crippen LogP contribution in [-0.2, 0) is 5.41 Å². The fourth-order valence-corrected chi connectivity index (χ4v) is 9.53. The zero-order valence-electron chi connectivity index (χ0n) is 31.0. The Hall–Kier alpha value is -6.76. The number of rotatable bonds is 4. The van der Waals surface area contributed by atoms with Crippen molar-refractivity contribution in [1.29, 1.82) is 0 Å². The normalized spacial score (nSPS) is 13.1. The van der Waals surface area contributed by atoms with E-state index in [-0.39, 0.29) is 5.41 Å². The van der Waals surface area contributed by atoms with Gasteiger partial charge in [-0.2, -0.15) is 0 Å². The van der Waals surface area contributed by atoms with Gasteiger partial charge in [0.1, 0.15) is 0 Å². The van der Waals surface area contributed by atoms with E-state index in [2.05, 4.69) is 208 Å². The lowest BCUT2D eigenvalue weighted by molar-refractivity contribution is 0.660. The summed E-state index contributed by atoms with van der Waals surface area (Å²) >= 11 is 0. The second-order valence-corrected chi connectivity index (χ2v) is 15.7. The molecule has 0 amide bonds. The molecule has 0 nitrogen and oxygen atoms in total. The van der Waals surface area contributed by atoms with Crippen LogP contribution in [0.1, 0.15) is 25.0 Å². The molecular formula is C55H38. The van der Waals surface area contributed by atoms with Crippen molar-refractivity contribution in [2.75, 3.05) is 0 Å². The summed E-state index contributed by atoms with van der Waals surface area (Å²) in [5, 5.41) is 10.1. The molecule has 0 spiro atoms. The van der Waals surface area contributed by atoms with Crippen LogP contribution in [0.4, 0.5) is 0 Å². The van der Waals surface area contributed by atoms with Crippen LogP contribution in [0.25, 0.3) is 98.7 Å². The highest BCUT2D eigenvalue weighted by atomic mass is 14.4. The Kier molecular flexibility index (Phi) is 7.00. The Morgan fingerprint density at radius 1 is 0.273 bits per heavy atom. The molecule has 0 atom stereocenters. The SMILES string of the molecule is CC1(C)c2ccccc2-c2ccc(-c3c4ccccc4c(-c4cccc(-c5cccc6ccccc56)c4)c4ccc(-c5ccc6ccccc6c5)cc34)cc21. The van der Waals surface area contributed by atoms with Gasteiger partial charge in [0.05, 0.1) is 0 Å². The van der Waals surface area contributed by atoms with Gasteiger partial charge >= 0.3 is 0 Å². The Morgan fingerprint density at radius 3 is 1.67 bits per heavy atom. The Labute approximate surface area is 322 Å². The molecule has 0 aliphatic heterocycles. The Balaban J connectivity index is 1.20. The molecule has 0 radical (unpaired) electrons. The molecule has 0 fully saturated rings. The molecule has 0 unspecified atom stereocenters. The molecule has 258 valence electrons. The third kappa shape index (κ3) is 4.92. The van der Waals surface area contributed by atoms with Crippen molar-refractivity contribution in [3.05, 3.63) is 205 Å². The van der Waals surface area contributed by atoms with Crippen molar-refractivity contribution >= 4 is 43.1 Å². The lowest BCUT2D eigenvalue weighted by atomic mass is 9.80. The van der Waals surface area contributed by atoms with E-state index in [9.17, 15) is 0 Å². The fourth-order valence-electron chi connectivity index (χ4n) is 9.53. The number of hydrogen-bond acceptors (Lipinski definition) is 0. The van der Waals surface area contributed by atoms with E-state index in [1.807, 2.05) is 0 Å². The topological polar surface area (TPSA) is 0 Å². The summed E-state index contributed by atoms with van der Waals surface area (Å²) in [5.74, 6) is 0. The first-order valence-corrected chi connectivity index (χ1v) is 19.3. The van der Waals surface area contributed by atoms with Gasteiger partial charge in [-0.25, -0.2) is 0 Å². The Bertz CT molecular complexity index is 3170. The molecule has 11 rings (SSSR count). The molecule has 0 heterocycles. The molecule has 0 heteroatoms. The first-order chi connectivity index (χ1) is 27.0. The number of benzene rings is 10.